The Labute approximate surface area is 115 Å². The van der Waals surface area contributed by atoms with Crippen molar-refractivity contribution in [2.75, 3.05) is 13.1 Å². The summed E-state index contributed by atoms with van der Waals surface area (Å²) in [5, 5.41) is 3.85. The Kier molecular flexibility index (Phi) is 7.92. The summed E-state index contributed by atoms with van der Waals surface area (Å²) in [5.41, 5.74) is 0. The molecule has 2 atom stereocenters. The SMILES string of the molecule is CCCCCC(C)NC1CCCN(C(C)C)CC1. The molecule has 0 aliphatic carbocycles. The molecular formula is C16H34N2. The smallest absolute Gasteiger partial charge is 0.00821 e. The fourth-order valence-electron chi connectivity index (χ4n) is 2.99. The van der Waals surface area contributed by atoms with Crippen LogP contribution in [0.25, 0.3) is 0 Å². The molecule has 1 saturated heterocycles. The normalized spacial score (nSPS) is 24.2. The van der Waals surface area contributed by atoms with Gasteiger partial charge in [-0.25, -0.2) is 0 Å². The second-order valence-electron chi connectivity index (χ2n) is 6.32. The van der Waals surface area contributed by atoms with Crippen LogP contribution in [-0.4, -0.2) is 36.1 Å². The third kappa shape index (κ3) is 6.19. The van der Waals surface area contributed by atoms with Gasteiger partial charge >= 0.3 is 0 Å². The molecule has 0 radical (unpaired) electrons. The maximum absolute atomic E-state index is 3.85. The maximum atomic E-state index is 3.85. The quantitative estimate of drug-likeness (QED) is 0.695. The Bertz CT molecular complexity index is 203. The van der Waals surface area contributed by atoms with Gasteiger partial charge in [0.2, 0.25) is 0 Å². The van der Waals surface area contributed by atoms with Crippen LogP contribution in [0.4, 0.5) is 0 Å². The lowest BCUT2D eigenvalue weighted by Crippen LogP contribution is -2.38. The molecule has 108 valence electrons. The third-order valence-electron chi connectivity index (χ3n) is 4.25. The number of rotatable bonds is 7. The minimum absolute atomic E-state index is 0.701. The van der Waals surface area contributed by atoms with E-state index in [-0.39, 0.29) is 0 Å². The first kappa shape index (κ1) is 16.0. The number of hydrogen-bond donors (Lipinski definition) is 1. The molecule has 18 heavy (non-hydrogen) atoms. The van der Waals surface area contributed by atoms with E-state index in [9.17, 15) is 0 Å². The molecule has 2 unspecified atom stereocenters. The van der Waals surface area contributed by atoms with Gasteiger partial charge in [0.15, 0.2) is 0 Å². The van der Waals surface area contributed by atoms with Gasteiger partial charge in [0.1, 0.15) is 0 Å². The lowest BCUT2D eigenvalue weighted by atomic mass is 10.1. The van der Waals surface area contributed by atoms with Gasteiger partial charge in [-0.3, -0.25) is 0 Å². The van der Waals surface area contributed by atoms with E-state index in [1.807, 2.05) is 0 Å². The van der Waals surface area contributed by atoms with E-state index < -0.39 is 0 Å². The molecule has 1 rings (SSSR count). The van der Waals surface area contributed by atoms with Crippen molar-refractivity contribution in [3.63, 3.8) is 0 Å². The topological polar surface area (TPSA) is 15.3 Å². The first-order chi connectivity index (χ1) is 8.63. The minimum Gasteiger partial charge on any atom is -0.311 e. The molecule has 0 spiro atoms. The zero-order valence-electron chi connectivity index (χ0n) is 13.0. The molecule has 1 aliphatic rings. The van der Waals surface area contributed by atoms with Crippen molar-refractivity contribution in [1.29, 1.82) is 0 Å². The summed E-state index contributed by atoms with van der Waals surface area (Å²) >= 11 is 0. The van der Waals surface area contributed by atoms with Crippen molar-refractivity contribution < 1.29 is 0 Å². The fourth-order valence-corrected chi connectivity index (χ4v) is 2.99. The first-order valence-corrected chi connectivity index (χ1v) is 8.13. The summed E-state index contributed by atoms with van der Waals surface area (Å²) in [6.45, 7) is 11.9. The van der Waals surface area contributed by atoms with E-state index in [1.54, 1.807) is 0 Å². The summed E-state index contributed by atoms with van der Waals surface area (Å²) in [6, 6.07) is 2.17. The van der Waals surface area contributed by atoms with Gasteiger partial charge < -0.3 is 10.2 Å². The molecule has 2 heteroatoms. The van der Waals surface area contributed by atoms with Crippen molar-refractivity contribution in [2.45, 2.75) is 90.8 Å². The van der Waals surface area contributed by atoms with Crippen LogP contribution in [0.3, 0.4) is 0 Å². The van der Waals surface area contributed by atoms with Gasteiger partial charge in [-0.15, -0.1) is 0 Å². The van der Waals surface area contributed by atoms with Gasteiger partial charge in [0.25, 0.3) is 0 Å². The zero-order valence-corrected chi connectivity index (χ0v) is 13.0. The molecule has 0 aromatic heterocycles. The summed E-state index contributed by atoms with van der Waals surface area (Å²) in [4.78, 5) is 2.63. The second-order valence-corrected chi connectivity index (χ2v) is 6.32. The predicted molar refractivity (Wildman–Crippen MR) is 81.1 cm³/mol. The number of likely N-dealkylation sites (tertiary alicyclic amines) is 1. The molecule has 0 saturated carbocycles. The van der Waals surface area contributed by atoms with Crippen LogP contribution in [0.2, 0.25) is 0 Å². The van der Waals surface area contributed by atoms with E-state index in [4.69, 9.17) is 0 Å². The van der Waals surface area contributed by atoms with Crippen molar-refractivity contribution >= 4 is 0 Å². The van der Waals surface area contributed by atoms with E-state index in [0.29, 0.717) is 12.1 Å². The zero-order chi connectivity index (χ0) is 13.4. The monoisotopic (exact) mass is 254 g/mol. The van der Waals surface area contributed by atoms with Crippen LogP contribution in [0.15, 0.2) is 0 Å². The number of nitrogens with zero attached hydrogens (tertiary/aromatic N) is 1. The summed E-state index contributed by atoms with van der Waals surface area (Å²) in [5.74, 6) is 0. The van der Waals surface area contributed by atoms with Gasteiger partial charge in [0, 0.05) is 18.1 Å². The Balaban J connectivity index is 2.22. The summed E-state index contributed by atoms with van der Waals surface area (Å²) in [6.07, 6.45) is 9.50. The minimum atomic E-state index is 0.701. The molecule has 2 nitrogen and oxygen atoms in total. The maximum Gasteiger partial charge on any atom is 0.00821 e. The molecule has 1 fully saturated rings. The second kappa shape index (κ2) is 8.92. The number of nitrogens with one attached hydrogen (secondary N) is 1. The molecule has 0 amide bonds. The molecule has 0 aromatic carbocycles. The Morgan fingerprint density at radius 1 is 1.11 bits per heavy atom. The third-order valence-corrected chi connectivity index (χ3v) is 4.25. The highest BCUT2D eigenvalue weighted by Gasteiger charge is 2.19. The largest absolute Gasteiger partial charge is 0.311 e. The summed E-state index contributed by atoms with van der Waals surface area (Å²) in [7, 11) is 0. The molecule has 1 aliphatic heterocycles. The molecule has 0 bridgehead atoms. The summed E-state index contributed by atoms with van der Waals surface area (Å²) < 4.78 is 0. The lowest BCUT2D eigenvalue weighted by molar-refractivity contribution is 0.228. The molecular weight excluding hydrogens is 220 g/mol. The Morgan fingerprint density at radius 2 is 1.89 bits per heavy atom. The van der Waals surface area contributed by atoms with Crippen LogP contribution < -0.4 is 5.32 Å². The van der Waals surface area contributed by atoms with Crippen molar-refractivity contribution in [3.8, 4) is 0 Å². The van der Waals surface area contributed by atoms with E-state index >= 15 is 0 Å². The lowest BCUT2D eigenvalue weighted by Gasteiger charge is -2.25. The van der Waals surface area contributed by atoms with Crippen LogP contribution >= 0.6 is 0 Å². The van der Waals surface area contributed by atoms with Crippen LogP contribution in [-0.2, 0) is 0 Å². The Hall–Kier alpha value is -0.0800. The van der Waals surface area contributed by atoms with Crippen LogP contribution in [0, 0.1) is 0 Å². The van der Waals surface area contributed by atoms with Gasteiger partial charge in [0.05, 0.1) is 0 Å². The van der Waals surface area contributed by atoms with Gasteiger partial charge in [-0.05, 0) is 59.5 Å². The van der Waals surface area contributed by atoms with E-state index in [0.717, 1.165) is 6.04 Å². The number of hydrogen-bond acceptors (Lipinski definition) is 2. The highest BCUT2D eigenvalue weighted by molar-refractivity contribution is 4.78. The van der Waals surface area contributed by atoms with Gasteiger partial charge in [-0.2, -0.15) is 0 Å². The van der Waals surface area contributed by atoms with E-state index in [2.05, 4.69) is 37.9 Å². The van der Waals surface area contributed by atoms with Crippen LogP contribution in [0.1, 0.15) is 72.6 Å². The molecule has 1 heterocycles. The van der Waals surface area contributed by atoms with Crippen LogP contribution in [0.5, 0.6) is 0 Å². The van der Waals surface area contributed by atoms with E-state index in [1.165, 1.54) is 58.0 Å². The highest BCUT2D eigenvalue weighted by Crippen LogP contribution is 2.14. The first-order valence-electron chi connectivity index (χ1n) is 8.13. The average Bonchev–Trinajstić information content (AvgIpc) is 2.55. The highest BCUT2D eigenvalue weighted by atomic mass is 15.1. The van der Waals surface area contributed by atoms with Gasteiger partial charge in [-0.1, -0.05) is 26.2 Å². The Morgan fingerprint density at radius 3 is 2.56 bits per heavy atom. The molecule has 1 N–H and O–H groups in total. The average molecular weight is 254 g/mol. The predicted octanol–water partition coefficient (Wildman–Crippen LogP) is 3.81. The fraction of sp³-hybridized carbons (Fsp3) is 1.00. The van der Waals surface area contributed by atoms with Crippen molar-refractivity contribution in [2.24, 2.45) is 0 Å². The van der Waals surface area contributed by atoms with Crippen molar-refractivity contribution in [1.82, 2.24) is 10.2 Å². The number of unbranched alkanes of at least 4 members (excludes halogenated alkanes) is 2. The van der Waals surface area contributed by atoms with Crippen molar-refractivity contribution in [3.05, 3.63) is 0 Å². The molecule has 0 aromatic rings. The standard InChI is InChI=1S/C16H34N2/c1-5-6-7-9-15(4)17-16-10-8-12-18(13-11-16)14(2)3/h14-17H,5-13H2,1-4H3.